The third-order valence-corrected chi connectivity index (χ3v) is 2.38. The van der Waals surface area contributed by atoms with Gasteiger partial charge in [0.25, 0.3) is 0 Å². The van der Waals surface area contributed by atoms with Gasteiger partial charge in [0, 0.05) is 26.4 Å². The summed E-state index contributed by atoms with van der Waals surface area (Å²) in [4.78, 5) is 44.1. The van der Waals surface area contributed by atoms with Gasteiger partial charge in [-0.05, 0) is 6.42 Å². The number of hydrogen-bond donors (Lipinski definition) is 4. The highest BCUT2D eigenvalue weighted by atomic mass is 16.5. The Hall–Kier alpha value is -2.32. The van der Waals surface area contributed by atoms with Gasteiger partial charge in [-0.15, -0.1) is 0 Å². The molecule has 9 nitrogen and oxygen atoms in total. The molecule has 0 aromatic heterocycles. The summed E-state index contributed by atoms with van der Waals surface area (Å²) in [6.45, 7) is 0.0782. The molecule has 3 amide bonds. The second kappa shape index (κ2) is 9.59. The molecule has 4 N–H and O–H groups in total. The molecule has 0 aromatic rings. The Balaban J connectivity index is 4.11. The van der Waals surface area contributed by atoms with Crippen LogP contribution in [0, 0.1) is 0 Å². The molecule has 0 radical (unpaired) electrons. The van der Waals surface area contributed by atoms with Crippen molar-refractivity contribution in [1.82, 2.24) is 16.0 Å². The third kappa shape index (κ3) is 7.90. The maximum atomic E-state index is 11.4. The van der Waals surface area contributed by atoms with Gasteiger partial charge >= 0.3 is 18.0 Å². The fraction of sp³-hybridized carbons (Fsp3) is 0.636. The van der Waals surface area contributed by atoms with E-state index in [1.807, 2.05) is 0 Å². The van der Waals surface area contributed by atoms with Crippen molar-refractivity contribution in [2.75, 3.05) is 20.7 Å². The molecule has 1 atom stereocenters. The lowest BCUT2D eigenvalue weighted by atomic mass is 10.1. The predicted molar refractivity (Wildman–Crippen MR) is 67.9 cm³/mol. The van der Waals surface area contributed by atoms with Gasteiger partial charge in [-0.1, -0.05) is 0 Å². The van der Waals surface area contributed by atoms with E-state index in [1.54, 1.807) is 0 Å². The highest BCUT2D eigenvalue weighted by Gasteiger charge is 2.21. The van der Waals surface area contributed by atoms with E-state index in [-0.39, 0.29) is 31.7 Å². The molecule has 0 saturated carbocycles. The van der Waals surface area contributed by atoms with Gasteiger partial charge in [0.05, 0.1) is 7.11 Å². The first-order chi connectivity index (χ1) is 9.40. The van der Waals surface area contributed by atoms with Crippen LogP contribution >= 0.6 is 0 Å². The van der Waals surface area contributed by atoms with Gasteiger partial charge in [0.15, 0.2) is 0 Å². The lowest BCUT2D eigenvalue weighted by Gasteiger charge is -2.14. The number of carbonyl (C=O) groups excluding carboxylic acids is 3. The maximum absolute atomic E-state index is 11.4. The predicted octanol–water partition coefficient (Wildman–Crippen LogP) is -1.17. The summed E-state index contributed by atoms with van der Waals surface area (Å²) in [5.41, 5.74) is 0. The zero-order valence-corrected chi connectivity index (χ0v) is 11.4. The molecule has 20 heavy (non-hydrogen) atoms. The zero-order valence-electron chi connectivity index (χ0n) is 11.4. The standard InChI is InChI=1S/C11H19N3O6/c1-12-8(15)5-6-13-11(19)14-7(10(17)18)3-4-9(16)20-2/h7H,3-6H2,1-2H3,(H,12,15)(H,17,18)(H2,13,14,19)/t7-/m1/s1. The molecule has 9 heteroatoms. The minimum absolute atomic E-state index is 0.0782. The van der Waals surface area contributed by atoms with Crippen LogP contribution in [0.4, 0.5) is 4.79 Å². The minimum atomic E-state index is -1.25. The van der Waals surface area contributed by atoms with Crippen molar-refractivity contribution < 1.29 is 29.0 Å². The van der Waals surface area contributed by atoms with Crippen molar-refractivity contribution in [2.45, 2.75) is 25.3 Å². The summed E-state index contributed by atoms with van der Waals surface area (Å²) in [5, 5.41) is 15.8. The van der Waals surface area contributed by atoms with Crippen LogP contribution in [0.2, 0.25) is 0 Å². The molecule has 0 aliphatic rings. The van der Waals surface area contributed by atoms with E-state index in [0.29, 0.717) is 0 Å². The summed E-state index contributed by atoms with van der Waals surface area (Å²) in [5.74, 6) is -2.06. The summed E-state index contributed by atoms with van der Waals surface area (Å²) < 4.78 is 4.38. The fourth-order valence-corrected chi connectivity index (χ4v) is 1.25. The highest BCUT2D eigenvalue weighted by molar-refractivity contribution is 5.83. The van der Waals surface area contributed by atoms with Crippen LogP contribution in [0.5, 0.6) is 0 Å². The summed E-state index contributed by atoms with van der Waals surface area (Å²) in [6.07, 6.45) is -0.110. The quantitative estimate of drug-likeness (QED) is 0.416. The van der Waals surface area contributed by atoms with E-state index in [2.05, 4.69) is 20.7 Å². The summed E-state index contributed by atoms with van der Waals surface area (Å²) in [6, 6.07) is -1.92. The van der Waals surface area contributed by atoms with Crippen molar-refractivity contribution in [3.63, 3.8) is 0 Å². The van der Waals surface area contributed by atoms with Gasteiger partial charge in [0.2, 0.25) is 5.91 Å². The minimum Gasteiger partial charge on any atom is -0.480 e. The molecule has 0 rings (SSSR count). The summed E-state index contributed by atoms with van der Waals surface area (Å²) >= 11 is 0. The number of carbonyl (C=O) groups is 4. The van der Waals surface area contributed by atoms with Crippen LogP contribution in [0.3, 0.4) is 0 Å². The molecule has 0 aliphatic carbocycles. The fourth-order valence-electron chi connectivity index (χ4n) is 1.25. The Labute approximate surface area is 116 Å². The van der Waals surface area contributed by atoms with E-state index in [1.165, 1.54) is 14.2 Å². The van der Waals surface area contributed by atoms with Crippen molar-refractivity contribution >= 4 is 23.9 Å². The number of nitrogens with one attached hydrogen (secondary N) is 3. The lowest BCUT2D eigenvalue weighted by Crippen LogP contribution is -2.46. The molecular weight excluding hydrogens is 270 g/mol. The van der Waals surface area contributed by atoms with Crippen LogP contribution in [0.1, 0.15) is 19.3 Å². The average Bonchev–Trinajstić information content (AvgIpc) is 2.42. The molecule has 0 spiro atoms. The Morgan fingerprint density at radius 1 is 1.20 bits per heavy atom. The van der Waals surface area contributed by atoms with Crippen LogP contribution in [0.25, 0.3) is 0 Å². The van der Waals surface area contributed by atoms with Crippen LogP contribution in [0.15, 0.2) is 0 Å². The SMILES string of the molecule is CNC(=O)CCNC(=O)N[C@H](CCC(=O)OC)C(=O)O. The van der Waals surface area contributed by atoms with Crippen molar-refractivity contribution in [1.29, 1.82) is 0 Å². The van der Waals surface area contributed by atoms with Crippen molar-refractivity contribution in [3.05, 3.63) is 0 Å². The normalized spacial score (nSPS) is 11.1. The number of esters is 1. The largest absolute Gasteiger partial charge is 0.480 e. The van der Waals surface area contributed by atoms with Crippen LogP contribution in [-0.4, -0.2) is 55.7 Å². The number of rotatable bonds is 8. The Morgan fingerprint density at radius 3 is 2.35 bits per heavy atom. The number of carboxylic acids is 1. The molecule has 0 fully saturated rings. The molecular formula is C11H19N3O6. The van der Waals surface area contributed by atoms with Gasteiger partial charge in [-0.3, -0.25) is 9.59 Å². The number of aliphatic carboxylic acids is 1. The number of methoxy groups -OCH3 is 1. The topological polar surface area (TPSA) is 134 Å². The Bertz CT molecular complexity index is 371. The first-order valence-corrected chi connectivity index (χ1v) is 5.95. The number of ether oxygens (including phenoxy) is 1. The molecule has 0 aliphatic heterocycles. The number of hydrogen-bond acceptors (Lipinski definition) is 5. The lowest BCUT2D eigenvalue weighted by molar-refractivity contribution is -0.142. The molecule has 0 heterocycles. The van der Waals surface area contributed by atoms with Crippen molar-refractivity contribution in [3.8, 4) is 0 Å². The van der Waals surface area contributed by atoms with E-state index in [9.17, 15) is 19.2 Å². The van der Waals surface area contributed by atoms with E-state index >= 15 is 0 Å². The summed E-state index contributed by atoms with van der Waals surface area (Å²) in [7, 11) is 2.66. The number of amides is 3. The monoisotopic (exact) mass is 289 g/mol. The van der Waals surface area contributed by atoms with E-state index in [0.717, 1.165) is 0 Å². The van der Waals surface area contributed by atoms with Crippen LogP contribution < -0.4 is 16.0 Å². The second-order valence-electron chi connectivity index (χ2n) is 3.83. The molecule has 114 valence electrons. The third-order valence-electron chi connectivity index (χ3n) is 2.38. The second-order valence-corrected chi connectivity index (χ2v) is 3.83. The first-order valence-electron chi connectivity index (χ1n) is 5.95. The van der Waals surface area contributed by atoms with E-state index in [4.69, 9.17) is 5.11 Å². The number of urea groups is 1. The zero-order chi connectivity index (χ0) is 15.5. The van der Waals surface area contributed by atoms with E-state index < -0.39 is 24.0 Å². The van der Waals surface area contributed by atoms with Gasteiger partial charge in [-0.2, -0.15) is 0 Å². The maximum Gasteiger partial charge on any atom is 0.326 e. The van der Waals surface area contributed by atoms with Gasteiger partial charge in [0.1, 0.15) is 6.04 Å². The highest BCUT2D eigenvalue weighted by Crippen LogP contribution is 1.99. The molecule has 0 saturated heterocycles. The first kappa shape index (κ1) is 17.7. The Kier molecular flexibility index (Phi) is 8.48. The number of carboxylic acid groups (broad SMARTS) is 1. The smallest absolute Gasteiger partial charge is 0.326 e. The molecule has 0 unspecified atom stereocenters. The molecule has 0 bridgehead atoms. The molecule has 0 aromatic carbocycles. The van der Waals surface area contributed by atoms with Crippen molar-refractivity contribution in [2.24, 2.45) is 0 Å². The average molecular weight is 289 g/mol. The van der Waals surface area contributed by atoms with Gasteiger partial charge in [-0.25, -0.2) is 9.59 Å². The van der Waals surface area contributed by atoms with Gasteiger partial charge < -0.3 is 25.8 Å². The van der Waals surface area contributed by atoms with Crippen LogP contribution in [-0.2, 0) is 19.1 Å². The Morgan fingerprint density at radius 2 is 1.85 bits per heavy atom.